The van der Waals surface area contributed by atoms with Crippen molar-refractivity contribution >= 4 is 33.3 Å². The first-order valence-corrected chi connectivity index (χ1v) is 5.55. The molecule has 1 fully saturated rings. The monoisotopic (exact) mass is 301 g/mol. The number of aromatic nitrogens is 1. The van der Waals surface area contributed by atoms with Crippen LogP contribution in [0.4, 0.5) is 11.4 Å². The lowest BCUT2D eigenvalue weighted by Crippen LogP contribution is -2.31. The fraction of sp³-hybridized carbons (Fsp3) is 0.333. The standard InChI is InChI=1S/C9H8BrN3O4/c10-5-3-11-4-6(13(16)17)7(5)12-9(1-2-9)8(14)15/h3-4H,1-2H2,(H,11,12)(H,14,15). The summed E-state index contributed by atoms with van der Waals surface area (Å²) in [5.41, 5.74) is -1.16. The number of nitro groups is 1. The Morgan fingerprint density at radius 3 is 2.71 bits per heavy atom. The van der Waals surface area contributed by atoms with E-state index in [-0.39, 0.29) is 11.4 Å². The van der Waals surface area contributed by atoms with Crippen LogP contribution in [0.15, 0.2) is 16.9 Å². The molecular weight excluding hydrogens is 294 g/mol. The highest BCUT2D eigenvalue weighted by molar-refractivity contribution is 9.10. The summed E-state index contributed by atoms with van der Waals surface area (Å²) in [6.07, 6.45) is 3.38. The van der Waals surface area contributed by atoms with Gasteiger partial charge in [-0.3, -0.25) is 15.1 Å². The summed E-state index contributed by atoms with van der Waals surface area (Å²) in [5.74, 6) is -1.00. The van der Waals surface area contributed by atoms with Gasteiger partial charge in [-0.05, 0) is 28.8 Å². The van der Waals surface area contributed by atoms with Crippen molar-refractivity contribution in [2.45, 2.75) is 18.4 Å². The minimum absolute atomic E-state index is 0.157. The average Bonchev–Trinajstić information content (AvgIpc) is 3.01. The van der Waals surface area contributed by atoms with Crippen molar-refractivity contribution in [3.05, 3.63) is 27.0 Å². The zero-order chi connectivity index (χ0) is 12.6. The van der Waals surface area contributed by atoms with Gasteiger partial charge in [-0.2, -0.15) is 0 Å². The second-order valence-electron chi connectivity index (χ2n) is 3.78. The van der Waals surface area contributed by atoms with Crippen LogP contribution in [0.3, 0.4) is 0 Å². The van der Waals surface area contributed by atoms with Gasteiger partial charge in [0, 0.05) is 6.20 Å². The van der Waals surface area contributed by atoms with Gasteiger partial charge in [-0.15, -0.1) is 0 Å². The van der Waals surface area contributed by atoms with Crippen molar-refractivity contribution in [1.82, 2.24) is 4.98 Å². The Morgan fingerprint density at radius 1 is 1.59 bits per heavy atom. The van der Waals surface area contributed by atoms with Crippen LogP contribution in [0.1, 0.15) is 12.8 Å². The number of pyridine rings is 1. The van der Waals surface area contributed by atoms with Gasteiger partial charge in [-0.25, -0.2) is 4.79 Å². The van der Waals surface area contributed by atoms with Crippen LogP contribution >= 0.6 is 15.9 Å². The van der Waals surface area contributed by atoms with E-state index in [1.165, 1.54) is 6.20 Å². The molecule has 17 heavy (non-hydrogen) atoms. The molecule has 0 spiro atoms. The number of halogens is 1. The molecule has 1 aromatic heterocycles. The first kappa shape index (κ1) is 11.8. The minimum Gasteiger partial charge on any atom is -0.480 e. The lowest BCUT2D eigenvalue weighted by molar-refractivity contribution is -0.384. The smallest absolute Gasteiger partial charge is 0.329 e. The van der Waals surface area contributed by atoms with Gasteiger partial charge in [0.2, 0.25) is 0 Å². The Labute approximate surface area is 104 Å². The number of rotatable bonds is 4. The van der Waals surface area contributed by atoms with E-state index < -0.39 is 16.4 Å². The molecule has 0 aromatic carbocycles. The number of aliphatic carboxylic acids is 1. The Hall–Kier alpha value is -1.70. The summed E-state index contributed by atoms with van der Waals surface area (Å²) in [6.45, 7) is 0. The van der Waals surface area contributed by atoms with E-state index in [4.69, 9.17) is 5.11 Å². The molecule has 1 saturated carbocycles. The summed E-state index contributed by atoms with van der Waals surface area (Å²) < 4.78 is 0.374. The van der Waals surface area contributed by atoms with E-state index in [9.17, 15) is 14.9 Å². The van der Waals surface area contributed by atoms with Gasteiger partial charge < -0.3 is 10.4 Å². The third-order valence-corrected chi connectivity index (χ3v) is 3.20. The zero-order valence-electron chi connectivity index (χ0n) is 8.51. The number of hydrogen-bond donors (Lipinski definition) is 2. The van der Waals surface area contributed by atoms with E-state index in [0.29, 0.717) is 17.3 Å². The predicted octanol–water partition coefficient (Wildman–Crippen LogP) is 1.78. The summed E-state index contributed by atoms with van der Waals surface area (Å²) in [7, 11) is 0. The molecule has 1 aliphatic carbocycles. The molecule has 2 N–H and O–H groups in total. The Morgan fingerprint density at radius 2 is 2.24 bits per heavy atom. The number of carboxylic acid groups (broad SMARTS) is 1. The molecule has 8 heteroatoms. The molecule has 0 saturated heterocycles. The third-order valence-electron chi connectivity index (χ3n) is 2.60. The topological polar surface area (TPSA) is 105 Å². The van der Waals surface area contributed by atoms with Crippen molar-refractivity contribution in [3.63, 3.8) is 0 Å². The van der Waals surface area contributed by atoms with Crippen LogP contribution < -0.4 is 5.32 Å². The minimum atomic E-state index is -1.07. The van der Waals surface area contributed by atoms with Gasteiger partial charge in [0.05, 0.1) is 9.40 Å². The lowest BCUT2D eigenvalue weighted by Gasteiger charge is -2.14. The number of carbonyl (C=O) groups is 1. The molecule has 0 aliphatic heterocycles. The van der Waals surface area contributed by atoms with E-state index in [1.807, 2.05) is 0 Å². The Balaban J connectivity index is 2.38. The maximum atomic E-state index is 11.0. The van der Waals surface area contributed by atoms with Crippen molar-refractivity contribution in [1.29, 1.82) is 0 Å². The van der Waals surface area contributed by atoms with Crippen LogP contribution in [0.25, 0.3) is 0 Å². The molecular formula is C9H8BrN3O4. The van der Waals surface area contributed by atoms with Crippen molar-refractivity contribution in [2.24, 2.45) is 0 Å². The maximum Gasteiger partial charge on any atom is 0.329 e. The number of anilines is 1. The number of carboxylic acids is 1. The van der Waals surface area contributed by atoms with E-state index >= 15 is 0 Å². The molecule has 7 nitrogen and oxygen atoms in total. The van der Waals surface area contributed by atoms with Crippen LogP contribution in [-0.4, -0.2) is 26.5 Å². The number of nitrogens with zero attached hydrogens (tertiary/aromatic N) is 2. The molecule has 1 aromatic rings. The van der Waals surface area contributed by atoms with E-state index in [2.05, 4.69) is 26.2 Å². The molecule has 0 bridgehead atoms. The van der Waals surface area contributed by atoms with Crippen LogP contribution in [-0.2, 0) is 4.79 Å². The summed E-state index contributed by atoms with van der Waals surface area (Å²) in [6, 6.07) is 0. The maximum absolute atomic E-state index is 11.0. The molecule has 0 unspecified atom stereocenters. The molecule has 0 radical (unpaired) electrons. The van der Waals surface area contributed by atoms with Gasteiger partial charge in [-0.1, -0.05) is 0 Å². The third kappa shape index (κ3) is 2.07. The van der Waals surface area contributed by atoms with Crippen LogP contribution in [0, 0.1) is 10.1 Å². The normalized spacial score (nSPS) is 16.3. The number of hydrogen-bond acceptors (Lipinski definition) is 5. The highest BCUT2D eigenvalue weighted by atomic mass is 79.9. The molecule has 1 heterocycles. The van der Waals surface area contributed by atoms with Crippen molar-refractivity contribution < 1.29 is 14.8 Å². The summed E-state index contributed by atoms with van der Waals surface area (Å²) >= 11 is 3.12. The average molecular weight is 302 g/mol. The summed E-state index contributed by atoms with van der Waals surface area (Å²) in [4.78, 5) is 24.9. The fourth-order valence-electron chi connectivity index (χ4n) is 1.44. The Bertz CT molecular complexity index is 501. The second kappa shape index (κ2) is 3.95. The van der Waals surface area contributed by atoms with Crippen LogP contribution in [0.5, 0.6) is 0 Å². The van der Waals surface area contributed by atoms with Crippen molar-refractivity contribution in [3.8, 4) is 0 Å². The largest absolute Gasteiger partial charge is 0.480 e. The lowest BCUT2D eigenvalue weighted by atomic mass is 10.2. The molecule has 0 amide bonds. The number of nitrogens with one attached hydrogen (secondary N) is 1. The predicted molar refractivity (Wildman–Crippen MR) is 61.8 cm³/mol. The first-order chi connectivity index (χ1) is 7.96. The van der Waals surface area contributed by atoms with Crippen LogP contribution in [0.2, 0.25) is 0 Å². The van der Waals surface area contributed by atoms with Crippen molar-refractivity contribution in [2.75, 3.05) is 5.32 Å². The zero-order valence-corrected chi connectivity index (χ0v) is 10.1. The molecule has 90 valence electrons. The summed E-state index contributed by atoms with van der Waals surface area (Å²) in [5, 5.41) is 22.5. The highest BCUT2D eigenvalue weighted by Crippen LogP contribution is 2.43. The molecule has 2 rings (SSSR count). The SMILES string of the molecule is O=C(O)C1(Nc2c(Br)cncc2[N+](=O)[O-])CC1. The van der Waals surface area contributed by atoms with Gasteiger partial charge in [0.15, 0.2) is 0 Å². The van der Waals surface area contributed by atoms with Gasteiger partial charge in [0.25, 0.3) is 0 Å². The highest BCUT2D eigenvalue weighted by Gasteiger charge is 2.51. The first-order valence-electron chi connectivity index (χ1n) is 4.76. The van der Waals surface area contributed by atoms with E-state index in [0.717, 1.165) is 6.20 Å². The molecule has 1 aliphatic rings. The van der Waals surface area contributed by atoms with Gasteiger partial charge >= 0.3 is 11.7 Å². The Kier molecular flexibility index (Phi) is 2.74. The van der Waals surface area contributed by atoms with E-state index in [1.54, 1.807) is 0 Å². The molecule has 0 atom stereocenters. The quantitative estimate of drug-likeness (QED) is 0.648. The fourth-order valence-corrected chi connectivity index (χ4v) is 1.86. The second-order valence-corrected chi connectivity index (χ2v) is 4.64. The van der Waals surface area contributed by atoms with Gasteiger partial charge in [0.1, 0.15) is 17.4 Å².